The van der Waals surface area contributed by atoms with Gasteiger partial charge in [0.1, 0.15) is 35.6 Å². The predicted octanol–water partition coefficient (Wildman–Crippen LogP) is 4.28. The van der Waals surface area contributed by atoms with Crippen molar-refractivity contribution < 1.29 is 4.42 Å². The van der Waals surface area contributed by atoms with Gasteiger partial charge in [-0.25, -0.2) is 19.9 Å². The van der Waals surface area contributed by atoms with Crippen molar-refractivity contribution in [1.82, 2.24) is 24.5 Å². The molecule has 3 N–H and O–H groups in total. The van der Waals surface area contributed by atoms with Crippen LogP contribution >= 0.6 is 11.6 Å². The maximum absolute atomic E-state index is 13.4. The summed E-state index contributed by atoms with van der Waals surface area (Å²) in [7, 11) is 0. The number of fused-ring (bicyclic) bond motifs is 1. The minimum absolute atomic E-state index is 0.117. The number of anilines is 2. The molecule has 1 atom stereocenters. The van der Waals surface area contributed by atoms with Gasteiger partial charge in [-0.2, -0.15) is 0 Å². The number of nitrogens with two attached hydrogens (primary N) is 1. The number of nitrogens with zero attached hydrogens (tertiary/aromatic N) is 5. The number of aromatic nitrogens is 5. The highest BCUT2D eigenvalue weighted by molar-refractivity contribution is 6.35. The fourth-order valence-electron chi connectivity index (χ4n) is 3.85. The fourth-order valence-corrected chi connectivity index (χ4v) is 4.10. The lowest BCUT2D eigenvalue weighted by atomic mass is 10.1. The van der Waals surface area contributed by atoms with E-state index in [-0.39, 0.29) is 23.5 Å². The van der Waals surface area contributed by atoms with Crippen LogP contribution in [0.5, 0.6) is 0 Å². The highest BCUT2D eigenvalue weighted by Crippen LogP contribution is 2.38. The van der Waals surface area contributed by atoms with Gasteiger partial charge in [0, 0.05) is 6.04 Å². The molecule has 0 bridgehead atoms. The molecule has 3 aromatic heterocycles. The van der Waals surface area contributed by atoms with Crippen LogP contribution in [-0.2, 0) is 0 Å². The molecule has 32 heavy (non-hydrogen) atoms. The number of oxazole rings is 1. The van der Waals surface area contributed by atoms with Crippen molar-refractivity contribution >= 4 is 34.1 Å². The summed E-state index contributed by atoms with van der Waals surface area (Å²) >= 11 is 6.35. The summed E-state index contributed by atoms with van der Waals surface area (Å²) in [5.74, 6) is 1.68. The summed E-state index contributed by atoms with van der Waals surface area (Å²) in [6.07, 6.45) is 5.44. The van der Waals surface area contributed by atoms with E-state index in [0.717, 1.165) is 18.5 Å². The first-order valence-corrected chi connectivity index (χ1v) is 10.9. The Balaban J connectivity index is 1.64. The van der Waals surface area contributed by atoms with Crippen molar-refractivity contribution in [3.8, 4) is 11.5 Å². The lowest BCUT2D eigenvalue weighted by molar-refractivity contribution is 0.570. The lowest BCUT2D eigenvalue weighted by Gasteiger charge is -2.23. The zero-order chi connectivity index (χ0) is 22.4. The summed E-state index contributed by atoms with van der Waals surface area (Å²) in [4.78, 5) is 31.1. The van der Waals surface area contributed by atoms with Gasteiger partial charge in [-0.1, -0.05) is 24.6 Å². The van der Waals surface area contributed by atoms with Crippen LogP contribution in [0.4, 0.5) is 11.6 Å². The summed E-state index contributed by atoms with van der Waals surface area (Å²) in [5.41, 5.74) is 7.79. The minimum atomic E-state index is -0.309. The van der Waals surface area contributed by atoms with E-state index in [1.165, 1.54) is 6.33 Å². The van der Waals surface area contributed by atoms with Crippen molar-refractivity contribution in [2.75, 3.05) is 11.1 Å². The van der Waals surface area contributed by atoms with Crippen LogP contribution in [0.15, 0.2) is 40.0 Å². The number of halogens is 1. The molecule has 1 aromatic carbocycles. The van der Waals surface area contributed by atoms with Crippen molar-refractivity contribution in [2.24, 2.45) is 0 Å². The highest BCUT2D eigenvalue weighted by Gasteiger charge is 2.32. The SMILES string of the molecule is CCC(Nc1ncnc(N)c1-c1nc(C)co1)c1nc2cccc(Cl)c2c(=O)n1C1CC1. The minimum Gasteiger partial charge on any atom is -0.444 e. The standard InChI is InChI=1S/C22H22ClN7O2/c1-3-14(28-19-17(18(24)25-10-26-19)21-27-11(2)9-32-21)20-29-15-6-4-5-13(23)16(15)22(31)30(20)12-7-8-12/h4-6,9-10,12,14H,3,7-8H2,1-2H3,(H3,24,25,26,28). The Morgan fingerprint density at radius 3 is 2.81 bits per heavy atom. The first-order valence-electron chi connectivity index (χ1n) is 10.5. The van der Waals surface area contributed by atoms with Crippen LogP contribution in [0.2, 0.25) is 5.02 Å². The summed E-state index contributed by atoms with van der Waals surface area (Å²) < 4.78 is 7.33. The van der Waals surface area contributed by atoms with E-state index >= 15 is 0 Å². The predicted molar refractivity (Wildman–Crippen MR) is 123 cm³/mol. The number of hydrogen-bond acceptors (Lipinski definition) is 8. The second-order valence-corrected chi connectivity index (χ2v) is 8.30. The Morgan fingerprint density at radius 1 is 1.31 bits per heavy atom. The van der Waals surface area contributed by atoms with E-state index in [1.807, 2.05) is 13.8 Å². The summed E-state index contributed by atoms with van der Waals surface area (Å²) in [6, 6.07) is 5.12. The Hall–Kier alpha value is -3.46. The number of nitrogens with one attached hydrogen (secondary N) is 1. The van der Waals surface area contributed by atoms with Crippen LogP contribution in [0.3, 0.4) is 0 Å². The van der Waals surface area contributed by atoms with Crippen molar-refractivity contribution in [3.05, 3.63) is 57.7 Å². The van der Waals surface area contributed by atoms with Gasteiger partial charge in [0.15, 0.2) is 0 Å². The largest absolute Gasteiger partial charge is 0.444 e. The number of aryl methyl sites for hydroxylation is 1. The van der Waals surface area contributed by atoms with E-state index in [0.29, 0.717) is 45.4 Å². The molecule has 1 aliphatic rings. The van der Waals surface area contributed by atoms with Gasteiger partial charge in [0.25, 0.3) is 5.56 Å². The van der Waals surface area contributed by atoms with Gasteiger partial charge in [0.2, 0.25) is 5.89 Å². The quantitative estimate of drug-likeness (QED) is 0.445. The molecule has 4 aromatic rings. The first-order chi connectivity index (χ1) is 15.5. The van der Waals surface area contributed by atoms with Crippen LogP contribution in [0, 0.1) is 6.92 Å². The molecule has 0 spiro atoms. The molecule has 164 valence electrons. The monoisotopic (exact) mass is 451 g/mol. The van der Waals surface area contributed by atoms with Crippen molar-refractivity contribution in [3.63, 3.8) is 0 Å². The molecule has 1 aliphatic carbocycles. The van der Waals surface area contributed by atoms with Crippen LogP contribution in [0.1, 0.15) is 49.8 Å². The normalized spacial score (nSPS) is 14.6. The number of nitrogen functional groups attached to an aromatic ring is 1. The van der Waals surface area contributed by atoms with Gasteiger partial charge in [0.05, 0.1) is 27.7 Å². The van der Waals surface area contributed by atoms with E-state index in [4.69, 9.17) is 26.7 Å². The molecule has 3 heterocycles. The zero-order valence-electron chi connectivity index (χ0n) is 17.7. The third-order valence-corrected chi connectivity index (χ3v) is 5.87. The highest BCUT2D eigenvalue weighted by atomic mass is 35.5. The molecule has 9 nitrogen and oxygen atoms in total. The van der Waals surface area contributed by atoms with Crippen molar-refractivity contribution in [2.45, 2.75) is 45.2 Å². The molecule has 10 heteroatoms. The topological polar surface area (TPSA) is 125 Å². The van der Waals surface area contributed by atoms with Crippen LogP contribution < -0.4 is 16.6 Å². The van der Waals surface area contributed by atoms with Crippen LogP contribution in [0.25, 0.3) is 22.4 Å². The van der Waals surface area contributed by atoms with Gasteiger partial charge >= 0.3 is 0 Å². The Morgan fingerprint density at radius 2 is 2.12 bits per heavy atom. The summed E-state index contributed by atoms with van der Waals surface area (Å²) in [6.45, 7) is 3.84. The molecular weight excluding hydrogens is 430 g/mol. The third-order valence-electron chi connectivity index (χ3n) is 5.56. The van der Waals surface area contributed by atoms with Gasteiger partial charge in [-0.05, 0) is 38.3 Å². The Bertz CT molecular complexity index is 1380. The molecule has 1 unspecified atom stereocenters. The fraction of sp³-hybridized carbons (Fsp3) is 0.318. The van der Waals surface area contributed by atoms with Crippen LogP contribution in [-0.4, -0.2) is 24.5 Å². The average molecular weight is 452 g/mol. The molecule has 0 radical (unpaired) electrons. The maximum Gasteiger partial charge on any atom is 0.263 e. The lowest BCUT2D eigenvalue weighted by Crippen LogP contribution is -2.29. The maximum atomic E-state index is 13.4. The third kappa shape index (κ3) is 3.48. The smallest absolute Gasteiger partial charge is 0.263 e. The molecule has 0 aliphatic heterocycles. The molecule has 0 amide bonds. The second kappa shape index (κ2) is 7.90. The van der Waals surface area contributed by atoms with E-state index in [2.05, 4.69) is 20.3 Å². The zero-order valence-corrected chi connectivity index (χ0v) is 18.4. The Labute approximate surface area is 188 Å². The summed E-state index contributed by atoms with van der Waals surface area (Å²) in [5, 5.41) is 4.26. The van der Waals surface area contributed by atoms with Crippen molar-refractivity contribution in [1.29, 1.82) is 0 Å². The molecule has 5 rings (SSSR count). The molecule has 1 saturated carbocycles. The van der Waals surface area contributed by atoms with E-state index in [1.54, 1.807) is 29.0 Å². The first kappa shape index (κ1) is 20.4. The number of hydrogen-bond donors (Lipinski definition) is 2. The molecular formula is C22H22ClN7O2. The molecule has 1 fully saturated rings. The van der Waals surface area contributed by atoms with Gasteiger partial charge < -0.3 is 15.5 Å². The van der Waals surface area contributed by atoms with E-state index in [9.17, 15) is 4.79 Å². The van der Waals surface area contributed by atoms with Gasteiger partial charge in [-0.15, -0.1) is 0 Å². The van der Waals surface area contributed by atoms with Gasteiger partial charge in [-0.3, -0.25) is 9.36 Å². The van der Waals surface area contributed by atoms with E-state index < -0.39 is 0 Å². The number of rotatable bonds is 6. The molecule has 0 saturated heterocycles. The number of benzene rings is 1. The average Bonchev–Trinajstić information content (AvgIpc) is 3.51. The Kier molecular flexibility index (Phi) is 5.05. The second-order valence-electron chi connectivity index (χ2n) is 7.89.